The molecule has 0 saturated carbocycles. The topological polar surface area (TPSA) is 57.4 Å². The molecular formula is C30H34N4. The predicted octanol–water partition coefficient (Wildman–Crippen LogP) is 7.95. The zero-order valence-corrected chi connectivity index (χ0v) is 21.1. The maximum atomic E-state index is 4.77. The van der Waals surface area contributed by atoms with E-state index in [0.717, 1.165) is 46.6 Å². The zero-order chi connectivity index (χ0) is 24.1. The van der Waals surface area contributed by atoms with Crippen molar-refractivity contribution in [1.82, 2.24) is 19.9 Å². The van der Waals surface area contributed by atoms with E-state index in [2.05, 4.69) is 112 Å². The van der Waals surface area contributed by atoms with Gasteiger partial charge in [-0.25, -0.2) is 9.97 Å². The van der Waals surface area contributed by atoms with Gasteiger partial charge in [0.05, 0.1) is 22.1 Å². The van der Waals surface area contributed by atoms with Gasteiger partial charge in [-0.1, -0.05) is 77.9 Å². The summed E-state index contributed by atoms with van der Waals surface area (Å²) in [5, 5.41) is 0. The van der Waals surface area contributed by atoms with E-state index in [1.54, 1.807) is 0 Å². The molecule has 0 unspecified atom stereocenters. The molecular weight excluding hydrogens is 416 g/mol. The van der Waals surface area contributed by atoms with E-state index < -0.39 is 0 Å². The van der Waals surface area contributed by atoms with Gasteiger partial charge < -0.3 is 9.97 Å². The van der Waals surface area contributed by atoms with Crippen LogP contribution in [0, 0.1) is 10.8 Å². The molecule has 5 rings (SSSR count). The minimum Gasteiger partial charge on any atom is -0.342 e. The van der Waals surface area contributed by atoms with E-state index in [1.165, 1.54) is 22.3 Å². The highest BCUT2D eigenvalue weighted by Gasteiger charge is 2.16. The van der Waals surface area contributed by atoms with Crippen LogP contribution in [0.3, 0.4) is 0 Å². The number of nitrogens with one attached hydrogen (secondary N) is 2. The fourth-order valence-corrected chi connectivity index (χ4v) is 4.51. The lowest BCUT2D eigenvalue weighted by Crippen LogP contribution is -2.10. The first-order chi connectivity index (χ1) is 16.0. The molecule has 0 radical (unpaired) electrons. The van der Waals surface area contributed by atoms with Crippen molar-refractivity contribution in [3.05, 3.63) is 72.3 Å². The number of aromatic amines is 2. The molecule has 0 atom stereocenters. The Balaban J connectivity index is 1.40. The van der Waals surface area contributed by atoms with Gasteiger partial charge in [-0.2, -0.15) is 0 Å². The average Bonchev–Trinajstić information content (AvgIpc) is 3.32. The van der Waals surface area contributed by atoms with E-state index in [9.17, 15) is 0 Å². The van der Waals surface area contributed by atoms with Gasteiger partial charge in [0, 0.05) is 12.8 Å². The second kappa shape index (κ2) is 8.12. The van der Waals surface area contributed by atoms with Crippen LogP contribution in [0.5, 0.6) is 0 Å². The molecule has 34 heavy (non-hydrogen) atoms. The van der Waals surface area contributed by atoms with E-state index in [0.29, 0.717) is 0 Å². The minimum absolute atomic E-state index is 0.208. The minimum atomic E-state index is 0.208. The molecule has 3 aromatic carbocycles. The van der Waals surface area contributed by atoms with Crippen molar-refractivity contribution in [3.8, 4) is 22.3 Å². The van der Waals surface area contributed by atoms with Crippen molar-refractivity contribution in [3.63, 3.8) is 0 Å². The number of rotatable bonds is 4. The summed E-state index contributed by atoms with van der Waals surface area (Å²) in [6.07, 6.45) is 1.87. The summed E-state index contributed by atoms with van der Waals surface area (Å²) in [6, 6.07) is 21.8. The Kier molecular flexibility index (Phi) is 5.35. The Labute approximate surface area is 201 Å². The largest absolute Gasteiger partial charge is 0.342 e. The number of benzene rings is 3. The van der Waals surface area contributed by atoms with E-state index in [-0.39, 0.29) is 10.8 Å². The van der Waals surface area contributed by atoms with Crippen LogP contribution in [0.2, 0.25) is 0 Å². The highest BCUT2D eigenvalue weighted by atomic mass is 14.9. The molecule has 2 aromatic heterocycles. The third-order valence-electron chi connectivity index (χ3n) is 6.01. The highest BCUT2D eigenvalue weighted by molar-refractivity contribution is 5.84. The van der Waals surface area contributed by atoms with Gasteiger partial charge in [0.1, 0.15) is 11.6 Å². The van der Waals surface area contributed by atoms with Crippen LogP contribution in [0.4, 0.5) is 0 Å². The molecule has 174 valence electrons. The number of H-pyrrole nitrogens is 2. The molecule has 0 aliphatic rings. The molecule has 0 amide bonds. The molecule has 0 aliphatic heterocycles. The Morgan fingerprint density at radius 3 is 1.24 bits per heavy atom. The monoisotopic (exact) mass is 450 g/mol. The number of hydrogen-bond donors (Lipinski definition) is 2. The quantitative estimate of drug-likeness (QED) is 0.292. The first kappa shape index (κ1) is 22.4. The Morgan fingerprint density at radius 1 is 0.529 bits per heavy atom. The second-order valence-electron chi connectivity index (χ2n) is 11.9. The lowest BCUT2D eigenvalue weighted by molar-refractivity contribution is 0.402. The third kappa shape index (κ3) is 4.91. The Morgan fingerprint density at radius 2 is 0.882 bits per heavy atom. The van der Waals surface area contributed by atoms with Crippen LogP contribution >= 0.6 is 0 Å². The van der Waals surface area contributed by atoms with Gasteiger partial charge in [0.2, 0.25) is 0 Å². The van der Waals surface area contributed by atoms with Crippen LogP contribution in [-0.4, -0.2) is 19.9 Å². The number of fused-ring (bicyclic) bond motifs is 2. The van der Waals surface area contributed by atoms with E-state index >= 15 is 0 Å². The molecule has 0 fully saturated rings. The maximum Gasteiger partial charge on any atom is 0.107 e. The normalized spacial score (nSPS) is 12.6. The number of hydrogen-bond acceptors (Lipinski definition) is 2. The van der Waals surface area contributed by atoms with Gasteiger partial charge in [-0.15, -0.1) is 0 Å². The second-order valence-corrected chi connectivity index (χ2v) is 11.9. The van der Waals surface area contributed by atoms with Gasteiger partial charge in [0.25, 0.3) is 0 Å². The highest BCUT2D eigenvalue weighted by Crippen LogP contribution is 2.29. The molecule has 0 spiro atoms. The summed E-state index contributed by atoms with van der Waals surface area (Å²) in [5.41, 5.74) is 9.45. The van der Waals surface area contributed by atoms with Gasteiger partial charge >= 0.3 is 0 Å². The Bertz CT molecular complexity index is 1340. The smallest absolute Gasteiger partial charge is 0.107 e. The Hall–Kier alpha value is -3.40. The molecule has 4 nitrogen and oxygen atoms in total. The lowest BCUT2D eigenvalue weighted by Gasteiger charge is -2.15. The van der Waals surface area contributed by atoms with Crippen LogP contribution in [-0.2, 0) is 12.8 Å². The van der Waals surface area contributed by atoms with Crippen molar-refractivity contribution >= 4 is 22.1 Å². The fraction of sp³-hybridized carbons (Fsp3) is 0.333. The van der Waals surface area contributed by atoms with Crippen molar-refractivity contribution in [2.75, 3.05) is 0 Å². The van der Waals surface area contributed by atoms with Crippen molar-refractivity contribution in [2.24, 2.45) is 10.8 Å². The molecule has 0 saturated heterocycles. The van der Waals surface area contributed by atoms with Crippen LogP contribution in [0.15, 0.2) is 60.7 Å². The number of aromatic nitrogens is 4. The van der Waals surface area contributed by atoms with Gasteiger partial charge in [-0.3, -0.25) is 0 Å². The molecule has 5 aromatic rings. The summed E-state index contributed by atoms with van der Waals surface area (Å²) >= 11 is 0. The van der Waals surface area contributed by atoms with Gasteiger partial charge in [-0.05, 0) is 57.3 Å². The van der Waals surface area contributed by atoms with Gasteiger partial charge in [0.15, 0.2) is 0 Å². The first-order valence-corrected chi connectivity index (χ1v) is 12.1. The SMILES string of the molecule is CC(C)(C)Cc1nc2ccc(-c3ccc(-c4ccc5nc(CC(C)(C)C)[nH]c5c4)cc3)cc2[nH]1. The molecule has 4 heteroatoms. The summed E-state index contributed by atoms with van der Waals surface area (Å²) in [7, 11) is 0. The fourth-order valence-electron chi connectivity index (χ4n) is 4.51. The summed E-state index contributed by atoms with van der Waals surface area (Å²) in [4.78, 5) is 16.6. The molecule has 2 heterocycles. The third-order valence-corrected chi connectivity index (χ3v) is 6.01. The average molecular weight is 451 g/mol. The number of imidazole rings is 2. The molecule has 0 aliphatic carbocycles. The summed E-state index contributed by atoms with van der Waals surface area (Å²) in [5.74, 6) is 2.10. The summed E-state index contributed by atoms with van der Waals surface area (Å²) in [6.45, 7) is 13.4. The number of nitrogens with zero attached hydrogens (tertiary/aromatic N) is 2. The molecule has 0 bridgehead atoms. The van der Waals surface area contributed by atoms with Crippen molar-refractivity contribution in [1.29, 1.82) is 0 Å². The predicted molar refractivity (Wildman–Crippen MR) is 143 cm³/mol. The van der Waals surface area contributed by atoms with Crippen LogP contribution in [0.25, 0.3) is 44.3 Å². The van der Waals surface area contributed by atoms with E-state index in [1.807, 2.05) is 0 Å². The van der Waals surface area contributed by atoms with Crippen molar-refractivity contribution < 1.29 is 0 Å². The van der Waals surface area contributed by atoms with E-state index in [4.69, 9.17) is 9.97 Å². The first-order valence-electron chi connectivity index (χ1n) is 12.1. The lowest BCUT2D eigenvalue weighted by atomic mass is 9.92. The van der Waals surface area contributed by atoms with Crippen LogP contribution < -0.4 is 0 Å². The standard InChI is InChI=1S/C30H34N4/c1-29(2,3)17-27-31-23-13-11-21(15-25(23)33-27)19-7-9-20(10-8-19)22-12-14-24-26(16-22)34-28(32-24)18-30(4,5)6/h7-16H,17-18H2,1-6H3,(H,31,33)(H,32,34). The maximum absolute atomic E-state index is 4.77. The summed E-state index contributed by atoms with van der Waals surface area (Å²) < 4.78 is 0. The van der Waals surface area contributed by atoms with Crippen LogP contribution in [0.1, 0.15) is 53.2 Å². The molecule has 2 N–H and O–H groups in total. The zero-order valence-electron chi connectivity index (χ0n) is 21.1. The van der Waals surface area contributed by atoms with Crippen molar-refractivity contribution in [2.45, 2.75) is 54.4 Å².